The van der Waals surface area contributed by atoms with Crippen molar-refractivity contribution in [2.24, 2.45) is 17.8 Å². The largest absolute Gasteiger partial charge is 0.491 e. The van der Waals surface area contributed by atoms with Crippen LogP contribution in [0.2, 0.25) is 0 Å². The standard InChI is InChI=1S/C21H28F4O/c1-3-5-13-10-16-15(19(13)23)7-6-12(11-17(16)22)14-8-9-18(26-4-2)21(25)20(14)24/h8-9,12-13,15-17,19H,3-7,10-11H2,1-2H3. The average molecular weight is 372 g/mol. The zero-order valence-corrected chi connectivity index (χ0v) is 15.5. The zero-order valence-electron chi connectivity index (χ0n) is 15.5. The van der Waals surface area contributed by atoms with Crippen LogP contribution in [0.4, 0.5) is 17.6 Å². The molecule has 146 valence electrons. The predicted molar refractivity (Wildman–Crippen MR) is 93.9 cm³/mol. The third-order valence-corrected chi connectivity index (χ3v) is 6.28. The van der Waals surface area contributed by atoms with Crippen molar-refractivity contribution in [1.29, 1.82) is 0 Å². The first-order valence-electron chi connectivity index (χ1n) is 9.86. The molecule has 1 aromatic carbocycles. The van der Waals surface area contributed by atoms with Gasteiger partial charge in [-0.25, -0.2) is 13.2 Å². The van der Waals surface area contributed by atoms with Crippen LogP contribution in [-0.2, 0) is 0 Å². The second kappa shape index (κ2) is 8.18. The van der Waals surface area contributed by atoms with Crippen LogP contribution >= 0.6 is 0 Å². The number of hydrogen-bond donors (Lipinski definition) is 0. The number of halogens is 4. The number of ether oxygens (including phenoxy) is 1. The molecule has 0 aliphatic heterocycles. The molecule has 0 saturated heterocycles. The first-order chi connectivity index (χ1) is 12.5. The number of rotatable bonds is 5. The van der Waals surface area contributed by atoms with Crippen molar-refractivity contribution in [2.45, 2.75) is 70.6 Å². The second-order valence-electron chi connectivity index (χ2n) is 7.80. The molecule has 1 nitrogen and oxygen atoms in total. The molecule has 2 fully saturated rings. The Morgan fingerprint density at radius 1 is 1.00 bits per heavy atom. The Morgan fingerprint density at radius 3 is 2.46 bits per heavy atom. The molecule has 2 aliphatic carbocycles. The van der Waals surface area contributed by atoms with E-state index in [0.717, 1.165) is 12.8 Å². The van der Waals surface area contributed by atoms with E-state index in [-0.39, 0.29) is 42.1 Å². The van der Waals surface area contributed by atoms with E-state index in [1.165, 1.54) is 12.1 Å². The van der Waals surface area contributed by atoms with Crippen LogP contribution in [0, 0.1) is 29.4 Å². The third-order valence-electron chi connectivity index (χ3n) is 6.28. The van der Waals surface area contributed by atoms with Crippen LogP contribution in [0.1, 0.15) is 63.9 Å². The summed E-state index contributed by atoms with van der Waals surface area (Å²) in [6.45, 7) is 3.96. The lowest BCUT2D eigenvalue weighted by atomic mass is 9.88. The Bertz CT molecular complexity index is 620. The summed E-state index contributed by atoms with van der Waals surface area (Å²) in [4.78, 5) is 0. The fourth-order valence-electron chi connectivity index (χ4n) is 5.05. The van der Waals surface area contributed by atoms with Gasteiger partial charge in [-0.1, -0.05) is 19.4 Å². The summed E-state index contributed by atoms with van der Waals surface area (Å²) in [6.07, 6.45) is 1.30. The van der Waals surface area contributed by atoms with Gasteiger partial charge in [-0.3, -0.25) is 0 Å². The minimum atomic E-state index is -1.17. The van der Waals surface area contributed by atoms with E-state index in [4.69, 9.17) is 4.74 Å². The van der Waals surface area contributed by atoms with Crippen molar-refractivity contribution in [3.63, 3.8) is 0 Å². The smallest absolute Gasteiger partial charge is 0.200 e. The molecule has 0 amide bonds. The maximum atomic E-state index is 14.9. The predicted octanol–water partition coefficient (Wildman–Crippen LogP) is 6.36. The van der Waals surface area contributed by atoms with Gasteiger partial charge in [0.15, 0.2) is 11.6 Å². The van der Waals surface area contributed by atoms with Crippen molar-refractivity contribution < 1.29 is 22.3 Å². The highest BCUT2D eigenvalue weighted by Crippen LogP contribution is 2.51. The summed E-state index contributed by atoms with van der Waals surface area (Å²) in [5.41, 5.74) is 0.189. The monoisotopic (exact) mass is 372 g/mol. The lowest BCUT2D eigenvalue weighted by Gasteiger charge is -2.21. The number of alkyl halides is 2. The molecule has 0 heterocycles. The van der Waals surface area contributed by atoms with E-state index in [9.17, 15) is 17.6 Å². The first-order valence-corrected chi connectivity index (χ1v) is 9.86. The van der Waals surface area contributed by atoms with Crippen molar-refractivity contribution in [1.82, 2.24) is 0 Å². The Labute approximate surface area is 153 Å². The summed E-state index contributed by atoms with van der Waals surface area (Å²) < 4.78 is 63.5. The van der Waals surface area contributed by atoms with E-state index in [0.29, 0.717) is 19.3 Å². The number of hydrogen-bond acceptors (Lipinski definition) is 1. The molecule has 0 radical (unpaired) electrons. The van der Waals surface area contributed by atoms with Gasteiger partial charge >= 0.3 is 0 Å². The molecule has 0 N–H and O–H groups in total. The van der Waals surface area contributed by atoms with Crippen LogP contribution < -0.4 is 4.74 Å². The van der Waals surface area contributed by atoms with Crippen molar-refractivity contribution in [3.8, 4) is 5.75 Å². The lowest BCUT2D eigenvalue weighted by molar-refractivity contribution is 0.145. The molecule has 6 atom stereocenters. The molecule has 3 rings (SSSR count). The minimum Gasteiger partial charge on any atom is -0.491 e. The van der Waals surface area contributed by atoms with Gasteiger partial charge in [0.05, 0.1) is 6.61 Å². The highest BCUT2D eigenvalue weighted by atomic mass is 19.2. The van der Waals surface area contributed by atoms with Gasteiger partial charge in [-0.2, -0.15) is 4.39 Å². The van der Waals surface area contributed by atoms with Crippen LogP contribution in [0.5, 0.6) is 5.75 Å². The molecular formula is C21H28F4O. The van der Waals surface area contributed by atoms with Crippen LogP contribution in [0.25, 0.3) is 0 Å². The molecule has 0 aromatic heterocycles. The maximum Gasteiger partial charge on any atom is 0.200 e. The maximum absolute atomic E-state index is 14.9. The summed E-state index contributed by atoms with van der Waals surface area (Å²) in [5, 5.41) is 0. The van der Waals surface area contributed by atoms with Crippen LogP contribution in [0.3, 0.4) is 0 Å². The van der Waals surface area contributed by atoms with Gasteiger partial charge in [-0.15, -0.1) is 0 Å². The highest BCUT2D eigenvalue weighted by molar-refractivity contribution is 5.33. The topological polar surface area (TPSA) is 9.23 Å². The van der Waals surface area contributed by atoms with E-state index in [2.05, 4.69) is 0 Å². The summed E-state index contributed by atoms with van der Waals surface area (Å²) in [5.74, 6) is -3.15. The van der Waals surface area contributed by atoms with Gasteiger partial charge in [-0.05, 0) is 74.3 Å². The van der Waals surface area contributed by atoms with Crippen molar-refractivity contribution in [2.75, 3.05) is 6.61 Å². The fraction of sp³-hybridized carbons (Fsp3) is 0.714. The van der Waals surface area contributed by atoms with Gasteiger partial charge in [0, 0.05) is 0 Å². The highest BCUT2D eigenvalue weighted by Gasteiger charge is 2.48. The van der Waals surface area contributed by atoms with Crippen molar-refractivity contribution in [3.05, 3.63) is 29.3 Å². The Balaban J connectivity index is 1.78. The number of fused-ring (bicyclic) bond motifs is 1. The van der Waals surface area contributed by atoms with Gasteiger partial charge in [0.25, 0.3) is 0 Å². The van der Waals surface area contributed by atoms with Crippen LogP contribution in [-0.4, -0.2) is 19.0 Å². The Hall–Kier alpha value is -1.26. The molecule has 0 bridgehead atoms. The first kappa shape index (κ1) is 19.5. The Morgan fingerprint density at radius 2 is 1.77 bits per heavy atom. The number of benzene rings is 1. The van der Waals surface area contributed by atoms with E-state index in [1.54, 1.807) is 6.92 Å². The molecule has 1 aromatic rings. The Kier molecular flexibility index (Phi) is 6.13. The van der Waals surface area contributed by atoms with E-state index in [1.807, 2.05) is 6.92 Å². The fourth-order valence-corrected chi connectivity index (χ4v) is 5.05. The van der Waals surface area contributed by atoms with E-state index >= 15 is 0 Å². The third kappa shape index (κ3) is 3.59. The van der Waals surface area contributed by atoms with Crippen LogP contribution in [0.15, 0.2) is 12.1 Å². The molecule has 6 unspecified atom stereocenters. The average Bonchev–Trinajstić information content (AvgIpc) is 2.83. The second-order valence-corrected chi connectivity index (χ2v) is 7.80. The van der Waals surface area contributed by atoms with Gasteiger partial charge < -0.3 is 4.74 Å². The van der Waals surface area contributed by atoms with Crippen molar-refractivity contribution >= 4 is 0 Å². The minimum absolute atomic E-state index is 0.0514. The van der Waals surface area contributed by atoms with E-state index < -0.39 is 29.9 Å². The zero-order chi connectivity index (χ0) is 18.8. The molecule has 0 spiro atoms. The lowest BCUT2D eigenvalue weighted by Crippen LogP contribution is -2.22. The van der Waals surface area contributed by atoms with Gasteiger partial charge in [0.2, 0.25) is 5.82 Å². The molecule has 2 aliphatic rings. The summed E-state index contributed by atoms with van der Waals surface area (Å²) in [6, 6.07) is 2.90. The normalized spacial score (nSPS) is 34.4. The van der Waals surface area contributed by atoms with Gasteiger partial charge in [0.1, 0.15) is 12.3 Å². The molecule has 26 heavy (non-hydrogen) atoms. The summed E-state index contributed by atoms with van der Waals surface area (Å²) in [7, 11) is 0. The molecule has 2 saturated carbocycles. The quantitative estimate of drug-likeness (QED) is 0.547. The molecular weight excluding hydrogens is 344 g/mol. The SMILES string of the molecule is CCCC1CC2C(F)CC(c3ccc(OCC)c(F)c3F)CCC2C1F. The molecule has 5 heteroatoms. The summed E-state index contributed by atoms with van der Waals surface area (Å²) >= 11 is 0.